The summed E-state index contributed by atoms with van der Waals surface area (Å²) < 4.78 is 11.5. The van der Waals surface area contributed by atoms with Gasteiger partial charge in [0.2, 0.25) is 0 Å². The molecule has 0 aliphatic heterocycles. The molecule has 0 aliphatic carbocycles. The van der Waals surface area contributed by atoms with Crippen LogP contribution >= 0.6 is 0 Å². The number of methoxy groups -OCH3 is 1. The minimum absolute atomic E-state index is 0.208. The van der Waals surface area contributed by atoms with E-state index in [2.05, 4.69) is 44.0 Å². The van der Waals surface area contributed by atoms with Gasteiger partial charge in [0.25, 0.3) is 5.91 Å². The monoisotopic (exact) mass is 485 g/mol. The fourth-order valence-corrected chi connectivity index (χ4v) is 4.30. The van der Waals surface area contributed by atoms with Crippen LogP contribution in [0, 0.1) is 18.3 Å². The summed E-state index contributed by atoms with van der Waals surface area (Å²) in [5, 5.41) is 12.0. The van der Waals surface area contributed by atoms with Crippen LogP contribution in [0.4, 0.5) is 5.69 Å². The smallest absolute Gasteiger partial charge is 0.255 e. The zero-order valence-electron chi connectivity index (χ0n) is 22.0. The van der Waals surface area contributed by atoms with E-state index < -0.39 is 0 Å². The lowest BCUT2D eigenvalue weighted by molar-refractivity contribution is 0.102. The normalized spacial score (nSPS) is 11.0. The second-order valence-electron chi connectivity index (χ2n) is 9.31. The predicted octanol–water partition coefficient (Wildman–Crippen LogP) is 6.29. The van der Waals surface area contributed by atoms with Crippen molar-refractivity contribution in [3.05, 3.63) is 77.4 Å². The van der Waals surface area contributed by atoms with E-state index in [1.54, 1.807) is 43.5 Å². The lowest BCUT2D eigenvalue weighted by Crippen LogP contribution is -2.39. The molecule has 0 aromatic heterocycles. The lowest BCUT2D eigenvalue weighted by Gasteiger charge is -2.30. The third-order valence-corrected chi connectivity index (χ3v) is 6.17. The van der Waals surface area contributed by atoms with Gasteiger partial charge in [-0.25, -0.2) is 0 Å². The highest BCUT2D eigenvalue weighted by molar-refractivity contribution is 6.04. The number of benzene rings is 3. The van der Waals surface area contributed by atoms with Crippen molar-refractivity contribution in [2.45, 2.75) is 46.7 Å². The first-order valence-electron chi connectivity index (χ1n) is 12.2. The number of hydrogen-bond acceptors (Lipinski definition) is 5. The maximum Gasteiger partial charge on any atom is 0.255 e. The molecule has 0 fully saturated rings. The number of nitrogens with one attached hydrogen (secondary N) is 1. The van der Waals surface area contributed by atoms with Crippen LogP contribution < -0.4 is 14.8 Å². The molecule has 0 unspecified atom stereocenters. The Labute approximate surface area is 214 Å². The second kappa shape index (κ2) is 12.2. The lowest BCUT2D eigenvalue weighted by atomic mass is 9.98. The number of anilines is 1. The summed E-state index contributed by atoms with van der Waals surface area (Å²) in [6, 6.07) is 21.4. The summed E-state index contributed by atoms with van der Waals surface area (Å²) in [5.74, 6) is 1.00. The average molecular weight is 486 g/mol. The third kappa shape index (κ3) is 6.65. The Bertz CT molecular complexity index is 1220. The Balaban J connectivity index is 1.69. The molecule has 3 rings (SSSR count). The quantitative estimate of drug-likeness (QED) is 0.365. The molecule has 188 valence electrons. The van der Waals surface area contributed by atoms with Crippen LogP contribution in [0.1, 0.15) is 49.2 Å². The first kappa shape index (κ1) is 26.8. The molecule has 6 nitrogen and oxygen atoms in total. The van der Waals surface area contributed by atoms with Gasteiger partial charge in [-0.1, -0.05) is 18.2 Å². The number of carbonyl (C=O) groups excluding carboxylic acids is 1. The van der Waals surface area contributed by atoms with Crippen molar-refractivity contribution in [1.82, 2.24) is 4.90 Å². The molecule has 6 heteroatoms. The summed E-state index contributed by atoms with van der Waals surface area (Å²) >= 11 is 0. The minimum atomic E-state index is -0.208. The number of nitriles is 1. The van der Waals surface area contributed by atoms with Gasteiger partial charge in [-0.2, -0.15) is 5.26 Å². The van der Waals surface area contributed by atoms with E-state index in [0.717, 1.165) is 23.2 Å². The van der Waals surface area contributed by atoms with Gasteiger partial charge < -0.3 is 14.8 Å². The fraction of sp³-hybridized carbons (Fsp3) is 0.333. The van der Waals surface area contributed by atoms with Gasteiger partial charge in [0.1, 0.15) is 6.61 Å². The van der Waals surface area contributed by atoms with E-state index in [1.807, 2.05) is 31.2 Å². The highest BCUT2D eigenvalue weighted by Crippen LogP contribution is 2.31. The van der Waals surface area contributed by atoms with Gasteiger partial charge in [0.15, 0.2) is 11.5 Å². The third-order valence-electron chi connectivity index (χ3n) is 6.17. The van der Waals surface area contributed by atoms with E-state index in [4.69, 9.17) is 14.7 Å². The molecular weight excluding hydrogens is 450 g/mol. The van der Waals surface area contributed by atoms with E-state index in [9.17, 15) is 4.79 Å². The summed E-state index contributed by atoms with van der Waals surface area (Å²) in [6.45, 7) is 12.0. The van der Waals surface area contributed by atoms with Gasteiger partial charge in [-0.15, -0.1) is 0 Å². The number of nitrogens with zero attached hydrogens (tertiary/aromatic N) is 2. The molecule has 36 heavy (non-hydrogen) atoms. The summed E-state index contributed by atoms with van der Waals surface area (Å²) in [4.78, 5) is 15.3. The number of hydrogen-bond donors (Lipinski definition) is 1. The topological polar surface area (TPSA) is 74.6 Å². The first-order valence-corrected chi connectivity index (χ1v) is 12.2. The van der Waals surface area contributed by atoms with E-state index in [-0.39, 0.29) is 5.91 Å². The second-order valence-corrected chi connectivity index (χ2v) is 9.31. The van der Waals surface area contributed by atoms with Crippen molar-refractivity contribution in [1.29, 1.82) is 5.26 Å². The minimum Gasteiger partial charge on any atom is -0.493 e. The van der Waals surface area contributed by atoms with Crippen LogP contribution in [-0.2, 0) is 0 Å². The summed E-state index contributed by atoms with van der Waals surface area (Å²) in [6.07, 6.45) is 0. The Hall–Kier alpha value is -3.82. The number of amides is 1. The highest BCUT2D eigenvalue weighted by Gasteiger charge is 2.15. The van der Waals surface area contributed by atoms with Crippen LogP contribution in [0.15, 0.2) is 60.7 Å². The number of aryl methyl sites for hydroxylation is 1. The molecule has 0 spiro atoms. The summed E-state index contributed by atoms with van der Waals surface area (Å²) in [5.41, 5.74) is 4.85. The van der Waals surface area contributed by atoms with Crippen LogP contribution in [-0.4, -0.2) is 43.2 Å². The Kier molecular flexibility index (Phi) is 9.10. The molecule has 3 aromatic rings. The van der Waals surface area contributed by atoms with Gasteiger partial charge >= 0.3 is 0 Å². The van der Waals surface area contributed by atoms with Crippen LogP contribution in [0.5, 0.6) is 11.5 Å². The van der Waals surface area contributed by atoms with Gasteiger partial charge in [-0.05, 0) is 87.7 Å². The maximum absolute atomic E-state index is 12.9. The molecule has 0 saturated carbocycles. The largest absolute Gasteiger partial charge is 0.493 e. The molecule has 3 aromatic carbocycles. The van der Waals surface area contributed by atoms with Crippen molar-refractivity contribution >= 4 is 11.6 Å². The number of ether oxygens (including phenoxy) is 2. The van der Waals surface area contributed by atoms with E-state index >= 15 is 0 Å². The van der Waals surface area contributed by atoms with Crippen molar-refractivity contribution in [2.24, 2.45) is 0 Å². The average Bonchev–Trinajstić information content (AvgIpc) is 2.86. The van der Waals surface area contributed by atoms with Crippen molar-refractivity contribution < 1.29 is 14.3 Å². The van der Waals surface area contributed by atoms with Gasteiger partial charge in [-0.3, -0.25) is 9.69 Å². The van der Waals surface area contributed by atoms with Crippen LogP contribution in [0.3, 0.4) is 0 Å². The Morgan fingerprint density at radius 2 is 1.67 bits per heavy atom. The summed E-state index contributed by atoms with van der Waals surface area (Å²) in [7, 11) is 1.60. The molecule has 0 heterocycles. The molecule has 0 atom stereocenters. The number of rotatable bonds is 10. The zero-order valence-corrected chi connectivity index (χ0v) is 22.0. The molecule has 0 saturated heterocycles. The first-order chi connectivity index (χ1) is 17.2. The van der Waals surface area contributed by atoms with Crippen molar-refractivity contribution in [3.63, 3.8) is 0 Å². The van der Waals surface area contributed by atoms with Gasteiger partial charge in [0.05, 0.1) is 18.7 Å². The standard InChI is InChI=1S/C30H35N3O3/c1-20(2)33(21(3)4)15-16-36-29-18-26(12-14-28(29)35-6)32-30(34)25-10-8-24(9-11-25)27-13-7-23(19-31)17-22(27)5/h7-14,17-18,20-21H,15-16H2,1-6H3,(H,32,34). The fourth-order valence-electron chi connectivity index (χ4n) is 4.30. The molecular formula is C30H35N3O3. The maximum atomic E-state index is 12.9. The molecule has 0 radical (unpaired) electrons. The van der Waals surface area contributed by atoms with Crippen molar-refractivity contribution in [3.8, 4) is 28.7 Å². The van der Waals surface area contributed by atoms with E-state index in [1.165, 1.54) is 0 Å². The SMILES string of the molecule is COc1ccc(NC(=O)c2ccc(-c3ccc(C#N)cc3C)cc2)cc1OCCN(C(C)C)C(C)C. The van der Waals surface area contributed by atoms with E-state index in [0.29, 0.717) is 47.0 Å². The van der Waals surface area contributed by atoms with Gasteiger partial charge in [0, 0.05) is 35.9 Å². The zero-order chi connectivity index (χ0) is 26.2. The molecule has 1 N–H and O–H groups in total. The highest BCUT2D eigenvalue weighted by atomic mass is 16.5. The van der Waals surface area contributed by atoms with Crippen molar-refractivity contribution in [2.75, 3.05) is 25.6 Å². The molecule has 0 aliphatic rings. The van der Waals surface area contributed by atoms with Crippen LogP contribution in [0.25, 0.3) is 11.1 Å². The predicted molar refractivity (Wildman–Crippen MR) is 145 cm³/mol. The van der Waals surface area contributed by atoms with Crippen LogP contribution in [0.2, 0.25) is 0 Å². The Morgan fingerprint density at radius 1 is 0.972 bits per heavy atom. The number of carbonyl (C=O) groups is 1. The molecule has 0 bridgehead atoms. The molecule has 1 amide bonds. The Morgan fingerprint density at radius 3 is 2.25 bits per heavy atom.